The van der Waals surface area contributed by atoms with Gasteiger partial charge in [-0.2, -0.15) is 10.2 Å². The van der Waals surface area contributed by atoms with Gasteiger partial charge in [-0.3, -0.25) is 4.79 Å². The molecule has 2 aromatic heterocycles. The van der Waals surface area contributed by atoms with Crippen LogP contribution in [0.1, 0.15) is 27.9 Å². The molecule has 176 valence electrons. The van der Waals surface area contributed by atoms with Gasteiger partial charge in [0.1, 0.15) is 5.69 Å². The van der Waals surface area contributed by atoms with Crippen LogP contribution in [0.25, 0.3) is 11.4 Å². The molecule has 12 heteroatoms. The zero-order valence-electron chi connectivity index (χ0n) is 17.6. The summed E-state index contributed by atoms with van der Waals surface area (Å²) in [5.74, 6) is -0.934. The van der Waals surface area contributed by atoms with Gasteiger partial charge in [-0.1, -0.05) is 23.2 Å². The van der Waals surface area contributed by atoms with Crippen molar-refractivity contribution in [3.05, 3.63) is 91.3 Å². The molecule has 0 spiro atoms. The van der Waals surface area contributed by atoms with Crippen molar-refractivity contribution in [1.29, 1.82) is 0 Å². The fourth-order valence-electron chi connectivity index (χ4n) is 2.84. The summed E-state index contributed by atoms with van der Waals surface area (Å²) < 4.78 is 9.44. The maximum absolute atomic E-state index is 11.8. The van der Waals surface area contributed by atoms with Gasteiger partial charge in [0.05, 0.1) is 30.4 Å². The molecule has 0 aliphatic carbocycles. The number of primary amides is 1. The van der Waals surface area contributed by atoms with Crippen LogP contribution in [0.5, 0.6) is 0 Å². The van der Waals surface area contributed by atoms with Crippen molar-refractivity contribution < 1.29 is 14.3 Å². The van der Waals surface area contributed by atoms with E-state index in [-0.39, 0.29) is 0 Å². The van der Waals surface area contributed by atoms with Gasteiger partial charge in [0.2, 0.25) is 0 Å². The smallest absolute Gasteiger partial charge is 0.357 e. The lowest BCUT2D eigenvalue weighted by Gasteiger charge is -2.08. The van der Waals surface area contributed by atoms with Crippen LogP contribution in [0.3, 0.4) is 0 Å². The number of amides is 1. The summed E-state index contributed by atoms with van der Waals surface area (Å²) in [5.41, 5.74) is 7.37. The zero-order valence-corrected chi connectivity index (χ0v) is 22.3. The average Bonchev–Trinajstić information content (AvgIpc) is 3.44. The molecular formula is C22H17Br2Cl2N5O3. The Labute approximate surface area is 221 Å². The third kappa shape index (κ3) is 6.06. The molecule has 0 fully saturated rings. The molecule has 1 amide bonds. The Balaban J connectivity index is 0.000000192. The molecule has 2 aromatic carbocycles. The van der Waals surface area contributed by atoms with E-state index in [4.69, 9.17) is 33.7 Å². The van der Waals surface area contributed by atoms with E-state index in [2.05, 4.69) is 42.1 Å². The van der Waals surface area contributed by atoms with Crippen molar-refractivity contribution in [3.8, 4) is 11.4 Å². The van der Waals surface area contributed by atoms with Crippen molar-refractivity contribution in [3.63, 3.8) is 0 Å². The highest BCUT2D eigenvalue weighted by atomic mass is 79.9. The van der Waals surface area contributed by atoms with Gasteiger partial charge in [-0.25, -0.2) is 14.2 Å². The first-order chi connectivity index (χ1) is 16.2. The third-order valence-electron chi connectivity index (χ3n) is 4.30. The molecule has 34 heavy (non-hydrogen) atoms. The Morgan fingerprint density at radius 3 is 1.79 bits per heavy atom. The summed E-state index contributed by atoms with van der Waals surface area (Å²) in [5, 5.41) is 9.37. The van der Waals surface area contributed by atoms with E-state index in [1.807, 2.05) is 0 Å². The van der Waals surface area contributed by atoms with E-state index in [9.17, 15) is 9.59 Å². The molecule has 0 unspecified atom stereocenters. The van der Waals surface area contributed by atoms with Gasteiger partial charge < -0.3 is 10.5 Å². The van der Waals surface area contributed by atoms with E-state index in [1.54, 1.807) is 61.7 Å². The van der Waals surface area contributed by atoms with Gasteiger partial charge in [0.25, 0.3) is 5.91 Å². The van der Waals surface area contributed by atoms with Crippen molar-refractivity contribution in [2.24, 2.45) is 5.73 Å². The van der Waals surface area contributed by atoms with Crippen molar-refractivity contribution in [2.75, 3.05) is 6.61 Å². The highest BCUT2D eigenvalue weighted by Gasteiger charge is 2.16. The Morgan fingerprint density at radius 1 is 0.882 bits per heavy atom. The van der Waals surface area contributed by atoms with Gasteiger partial charge in [-0.05, 0) is 87.3 Å². The second-order valence-electron chi connectivity index (χ2n) is 6.53. The maximum Gasteiger partial charge on any atom is 0.357 e. The number of nitrogens with zero attached hydrogens (tertiary/aromatic N) is 4. The SMILES string of the molecule is CCOC(=O)c1ccnn1-c1ccc(Cl)cc1Br.NC(=O)c1ccnn1-c1ccc(Cl)cc1Br. The van der Waals surface area contributed by atoms with Gasteiger partial charge >= 0.3 is 5.97 Å². The number of ether oxygens (including phenoxy) is 1. The van der Waals surface area contributed by atoms with Crippen LogP contribution in [0.15, 0.2) is 69.9 Å². The Hall–Kier alpha value is -2.66. The summed E-state index contributed by atoms with van der Waals surface area (Å²) >= 11 is 18.5. The number of hydrogen-bond donors (Lipinski definition) is 1. The number of carbonyl (C=O) groups excluding carboxylic acids is 2. The molecule has 0 atom stereocenters. The predicted molar refractivity (Wildman–Crippen MR) is 137 cm³/mol. The van der Waals surface area contributed by atoms with Crippen LogP contribution < -0.4 is 5.73 Å². The van der Waals surface area contributed by atoms with Crippen LogP contribution >= 0.6 is 55.1 Å². The van der Waals surface area contributed by atoms with Crippen molar-refractivity contribution in [2.45, 2.75) is 6.92 Å². The molecule has 0 saturated carbocycles. The molecule has 8 nitrogen and oxygen atoms in total. The molecule has 0 saturated heterocycles. The minimum atomic E-state index is -0.528. The van der Waals surface area contributed by atoms with Crippen molar-refractivity contribution in [1.82, 2.24) is 19.6 Å². The Bertz CT molecular complexity index is 1340. The lowest BCUT2D eigenvalue weighted by atomic mass is 10.3. The molecule has 0 aliphatic rings. The number of halogens is 4. The van der Waals surface area contributed by atoms with Crippen LogP contribution in [0.4, 0.5) is 0 Å². The van der Waals surface area contributed by atoms with Gasteiger partial charge in [-0.15, -0.1) is 0 Å². The number of aromatic nitrogens is 4. The lowest BCUT2D eigenvalue weighted by Crippen LogP contribution is -2.16. The molecule has 2 N–H and O–H groups in total. The maximum atomic E-state index is 11.8. The van der Waals surface area contributed by atoms with E-state index < -0.39 is 11.9 Å². The minimum absolute atomic E-state index is 0.322. The van der Waals surface area contributed by atoms with Gasteiger partial charge in [0, 0.05) is 19.0 Å². The van der Waals surface area contributed by atoms with E-state index in [0.29, 0.717) is 33.7 Å². The average molecular weight is 630 g/mol. The fraction of sp³-hybridized carbons (Fsp3) is 0.0909. The van der Waals surface area contributed by atoms with E-state index in [1.165, 1.54) is 15.6 Å². The lowest BCUT2D eigenvalue weighted by molar-refractivity contribution is 0.0515. The standard InChI is InChI=1S/C12H10BrClN2O2.C10H7BrClN3O/c1-2-18-12(17)11-5-6-15-16(11)10-4-3-8(14)7-9(10)13;11-7-5-6(12)1-2-8(7)15-9(10(13)16)3-4-14-15/h3-7H,2H2,1H3;1-5H,(H2,13,16). The third-order valence-corrected chi connectivity index (χ3v) is 6.04. The predicted octanol–water partition coefficient (Wildman–Crippen LogP) is 5.85. The highest BCUT2D eigenvalue weighted by Crippen LogP contribution is 2.26. The van der Waals surface area contributed by atoms with Crippen LogP contribution in [0.2, 0.25) is 10.0 Å². The topological polar surface area (TPSA) is 105 Å². The molecule has 4 aromatic rings. The summed E-state index contributed by atoms with van der Waals surface area (Å²) in [6.07, 6.45) is 3.06. The van der Waals surface area contributed by atoms with Gasteiger partial charge in [0.15, 0.2) is 5.69 Å². The summed E-state index contributed by atoms with van der Waals surface area (Å²) in [6, 6.07) is 13.6. The fourth-order valence-corrected chi connectivity index (χ4v) is 4.54. The summed E-state index contributed by atoms with van der Waals surface area (Å²) in [4.78, 5) is 22.9. The first kappa shape index (κ1) is 26.0. The first-order valence-corrected chi connectivity index (χ1v) is 12.0. The molecule has 4 rings (SSSR count). The normalized spacial score (nSPS) is 10.4. The number of hydrogen-bond acceptors (Lipinski definition) is 5. The second-order valence-corrected chi connectivity index (χ2v) is 9.11. The van der Waals surface area contributed by atoms with Crippen LogP contribution in [0, 0.1) is 0 Å². The number of benzene rings is 2. The van der Waals surface area contributed by atoms with Crippen LogP contribution in [-0.4, -0.2) is 38.0 Å². The number of rotatable bonds is 5. The molecule has 0 aliphatic heterocycles. The molecule has 0 radical (unpaired) electrons. The summed E-state index contributed by atoms with van der Waals surface area (Å²) in [6.45, 7) is 2.09. The quantitative estimate of drug-likeness (QED) is 0.279. The Kier molecular flexibility index (Phi) is 8.90. The molecular weight excluding hydrogens is 613 g/mol. The van der Waals surface area contributed by atoms with E-state index in [0.717, 1.165) is 14.6 Å². The minimum Gasteiger partial charge on any atom is -0.461 e. The van der Waals surface area contributed by atoms with Crippen LogP contribution in [-0.2, 0) is 4.74 Å². The second kappa shape index (κ2) is 11.7. The number of carbonyl (C=O) groups is 2. The number of nitrogens with two attached hydrogens (primary N) is 1. The van der Waals surface area contributed by atoms with E-state index >= 15 is 0 Å². The number of esters is 1. The largest absolute Gasteiger partial charge is 0.461 e. The van der Waals surface area contributed by atoms with Crippen molar-refractivity contribution >= 4 is 66.9 Å². The Morgan fingerprint density at radius 2 is 1.35 bits per heavy atom. The molecule has 0 bridgehead atoms. The zero-order chi connectivity index (χ0) is 24.8. The highest BCUT2D eigenvalue weighted by molar-refractivity contribution is 9.11. The monoisotopic (exact) mass is 627 g/mol. The molecule has 2 heterocycles. The summed E-state index contributed by atoms with van der Waals surface area (Å²) in [7, 11) is 0. The first-order valence-electron chi connectivity index (χ1n) is 9.68.